The number of hydrogen-bond donors (Lipinski definition) is 1. The molecule has 0 bridgehead atoms. The standard InChI is InChI=1S/C8H12N4S/c1-2-12-5-3-7(11-12)10-8-9-4-6-13-8/h3,5H,2,4,6H2,1H3,(H,9,10,11). The van der Waals surface area contributed by atoms with Crippen LogP contribution in [0.3, 0.4) is 0 Å². The van der Waals surface area contributed by atoms with Crippen LogP contribution in [0.2, 0.25) is 0 Å². The minimum absolute atomic E-state index is 0.884. The molecule has 13 heavy (non-hydrogen) atoms. The number of hydrogen-bond acceptors (Lipinski definition) is 4. The first kappa shape index (κ1) is 8.62. The van der Waals surface area contributed by atoms with E-state index in [0.29, 0.717) is 0 Å². The normalized spacial score (nSPS) is 15.9. The van der Waals surface area contributed by atoms with E-state index >= 15 is 0 Å². The van der Waals surface area contributed by atoms with E-state index in [9.17, 15) is 0 Å². The number of anilines is 1. The number of amidine groups is 1. The van der Waals surface area contributed by atoms with E-state index in [1.807, 2.05) is 16.9 Å². The summed E-state index contributed by atoms with van der Waals surface area (Å²) in [5.41, 5.74) is 0. The number of rotatable bonds is 2. The van der Waals surface area contributed by atoms with Gasteiger partial charge in [-0.25, -0.2) is 0 Å². The monoisotopic (exact) mass is 196 g/mol. The molecule has 2 heterocycles. The summed E-state index contributed by atoms with van der Waals surface area (Å²) in [5, 5.41) is 8.47. The zero-order chi connectivity index (χ0) is 9.10. The van der Waals surface area contributed by atoms with Crippen LogP contribution in [0.15, 0.2) is 17.3 Å². The second kappa shape index (κ2) is 3.83. The molecule has 0 radical (unpaired) electrons. The SMILES string of the molecule is CCn1ccc(NC2=NCCS2)n1. The van der Waals surface area contributed by atoms with Crippen LogP contribution in [0.5, 0.6) is 0 Å². The first-order valence-electron chi connectivity index (χ1n) is 4.36. The molecule has 70 valence electrons. The van der Waals surface area contributed by atoms with Crippen LogP contribution in [0.1, 0.15) is 6.92 Å². The van der Waals surface area contributed by atoms with Crippen LogP contribution in [-0.4, -0.2) is 27.2 Å². The lowest BCUT2D eigenvalue weighted by Crippen LogP contribution is -2.06. The minimum atomic E-state index is 0.884. The first-order valence-corrected chi connectivity index (χ1v) is 5.35. The van der Waals surface area contributed by atoms with E-state index in [-0.39, 0.29) is 0 Å². The summed E-state index contributed by atoms with van der Waals surface area (Å²) < 4.78 is 1.89. The third-order valence-electron chi connectivity index (χ3n) is 1.79. The molecule has 0 amide bonds. The molecule has 1 aliphatic rings. The third-order valence-corrected chi connectivity index (χ3v) is 2.68. The molecule has 4 nitrogen and oxygen atoms in total. The van der Waals surface area contributed by atoms with Gasteiger partial charge in [-0.3, -0.25) is 9.67 Å². The van der Waals surface area contributed by atoms with Gasteiger partial charge in [0.05, 0.1) is 6.54 Å². The number of nitrogens with one attached hydrogen (secondary N) is 1. The fourth-order valence-electron chi connectivity index (χ4n) is 1.12. The van der Waals surface area contributed by atoms with Gasteiger partial charge < -0.3 is 5.32 Å². The third kappa shape index (κ3) is 2.03. The molecule has 0 spiro atoms. The zero-order valence-corrected chi connectivity index (χ0v) is 8.34. The quantitative estimate of drug-likeness (QED) is 0.777. The summed E-state index contributed by atoms with van der Waals surface area (Å²) in [6.07, 6.45) is 1.96. The Kier molecular flexibility index (Phi) is 2.54. The fraction of sp³-hybridized carbons (Fsp3) is 0.500. The molecule has 0 saturated heterocycles. The molecule has 0 fully saturated rings. The molecule has 5 heteroatoms. The van der Waals surface area contributed by atoms with Crippen molar-refractivity contribution in [1.82, 2.24) is 9.78 Å². The number of nitrogens with zero attached hydrogens (tertiary/aromatic N) is 3. The zero-order valence-electron chi connectivity index (χ0n) is 7.53. The predicted octanol–water partition coefficient (Wildman–Crippen LogP) is 1.42. The summed E-state index contributed by atoms with van der Waals surface area (Å²) >= 11 is 1.74. The Balaban J connectivity index is 2.00. The summed E-state index contributed by atoms with van der Waals surface area (Å²) in [6, 6.07) is 1.96. The van der Waals surface area contributed by atoms with Crippen LogP contribution >= 0.6 is 11.8 Å². The van der Waals surface area contributed by atoms with Crippen LogP contribution < -0.4 is 5.32 Å². The Morgan fingerprint density at radius 2 is 2.62 bits per heavy atom. The van der Waals surface area contributed by atoms with Crippen molar-refractivity contribution in [2.75, 3.05) is 17.6 Å². The molecule has 1 aromatic heterocycles. The van der Waals surface area contributed by atoms with Crippen molar-refractivity contribution in [3.8, 4) is 0 Å². The topological polar surface area (TPSA) is 42.2 Å². The Morgan fingerprint density at radius 1 is 1.69 bits per heavy atom. The molecule has 0 saturated carbocycles. The largest absolute Gasteiger partial charge is 0.318 e. The Labute approximate surface area is 81.4 Å². The van der Waals surface area contributed by atoms with Crippen LogP contribution in [0.25, 0.3) is 0 Å². The average molecular weight is 196 g/mol. The summed E-state index contributed by atoms with van der Waals surface area (Å²) in [5.74, 6) is 1.96. The summed E-state index contributed by atoms with van der Waals surface area (Å²) in [6.45, 7) is 3.89. The smallest absolute Gasteiger partial charge is 0.162 e. The molecule has 2 rings (SSSR count). The van der Waals surface area contributed by atoms with Crippen LogP contribution in [-0.2, 0) is 6.54 Å². The number of aryl methyl sites for hydroxylation is 1. The molecule has 0 unspecified atom stereocenters. The van der Waals surface area contributed by atoms with Gasteiger partial charge in [0.1, 0.15) is 0 Å². The molecule has 1 aromatic rings. The lowest BCUT2D eigenvalue weighted by Gasteiger charge is -1.99. The number of aliphatic imine (C=N–C) groups is 1. The molecule has 0 atom stereocenters. The van der Waals surface area contributed by atoms with Crippen molar-refractivity contribution in [3.05, 3.63) is 12.3 Å². The second-order valence-electron chi connectivity index (χ2n) is 2.72. The molecule has 0 aromatic carbocycles. The highest BCUT2D eigenvalue weighted by molar-refractivity contribution is 8.14. The van der Waals surface area contributed by atoms with E-state index in [2.05, 4.69) is 22.3 Å². The number of aromatic nitrogens is 2. The first-order chi connectivity index (χ1) is 6.38. The van der Waals surface area contributed by atoms with E-state index < -0.39 is 0 Å². The molecule has 0 aliphatic carbocycles. The maximum atomic E-state index is 4.30. The van der Waals surface area contributed by atoms with Crippen molar-refractivity contribution in [2.45, 2.75) is 13.5 Å². The van der Waals surface area contributed by atoms with Gasteiger partial charge in [-0.1, -0.05) is 11.8 Å². The predicted molar refractivity (Wildman–Crippen MR) is 56.3 cm³/mol. The van der Waals surface area contributed by atoms with Gasteiger partial charge in [0, 0.05) is 24.6 Å². The molecule has 1 N–H and O–H groups in total. The average Bonchev–Trinajstić information content (AvgIpc) is 2.76. The van der Waals surface area contributed by atoms with E-state index in [1.165, 1.54) is 0 Å². The van der Waals surface area contributed by atoms with Crippen LogP contribution in [0.4, 0.5) is 5.82 Å². The fourth-order valence-corrected chi connectivity index (χ4v) is 1.86. The maximum Gasteiger partial charge on any atom is 0.162 e. The van der Waals surface area contributed by atoms with Gasteiger partial charge in [-0.15, -0.1) is 0 Å². The highest BCUT2D eigenvalue weighted by Gasteiger charge is 2.07. The van der Waals surface area contributed by atoms with Crippen LogP contribution in [0, 0.1) is 0 Å². The maximum absolute atomic E-state index is 4.30. The summed E-state index contributed by atoms with van der Waals surface area (Å²) in [4.78, 5) is 4.29. The van der Waals surface area contributed by atoms with Gasteiger partial charge in [-0.05, 0) is 6.92 Å². The number of thioether (sulfide) groups is 1. The second-order valence-corrected chi connectivity index (χ2v) is 3.80. The Morgan fingerprint density at radius 3 is 3.23 bits per heavy atom. The van der Waals surface area contributed by atoms with Crippen molar-refractivity contribution in [3.63, 3.8) is 0 Å². The van der Waals surface area contributed by atoms with Crippen molar-refractivity contribution in [2.24, 2.45) is 4.99 Å². The highest BCUT2D eigenvalue weighted by atomic mass is 32.2. The van der Waals surface area contributed by atoms with E-state index in [4.69, 9.17) is 0 Å². The summed E-state index contributed by atoms with van der Waals surface area (Å²) in [7, 11) is 0. The van der Waals surface area contributed by atoms with Gasteiger partial charge in [0.2, 0.25) is 0 Å². The van der Waals surface area contributed by atoms with E-state index in [1.54, 1.807) is 11.8 Å². The van der Waals surface area contributed by atoms with E-state index in [0.717, 1.165) is 29.8 Å². The van der Waals surface area contributed by atoms with Crippen molar-refractivity contribution in [1.29, 1.82) is 0 Å². The molecular weight excluding hydrogens is 184 g/mol. The molecule has 1 aliphatic heterocycles. The lowest BCUT2D eigenvalue weighted by atomic mass is 10.6. The lowest BCUT2D eigenvalue weighted by molar-refractivity contribution is 0.663. The van der Waals surface area contributed by atoms with Crippen molar-refractivity contribution < 1.29 is 0 Å². The molecular formula is C8H12N4S. The minimum Gasteiger partial charge on any atom is -0.318 e. The Bertz CT molecular complexity index is 318. The highest BCUT2D eigenvalue weighted by Crippen LogP contribution is 2.13. The van der Waals surface area contributed by atoms with Gasteiger partial charge >= 0.3 is 0 Å². The Hall–Kier alpha value is -0.970. The van der Waals surface area contributed by atoms with Crippen molar-refractivity contribution >= 4 is 22.7 Å². The van der Waals surface area contributed by atoms with Gasteiger partial charge in [-0.2, -0.15) is 5.10 Å². The van der Waals surface area contributed by atoms with Gasteiger partial charge in [0.25, 0.3) is 0 Å². The van der Waals surface area contributed by atoms with Gasteiger partial charge in [0.15, 0.2) is 11.0 Å².